The number of rotatable bonds is 9. The lowest BCUT2D eigenvalue weighted by Crippen LogP contribution is -2.49. The maximum atomic E-state index is 14.2. The van der Waals surface area contributed by atoms with Crippen molar-refractivity contribution < 1.29 is 33.4 Å². The van der Waals surface area contributed by atoms with Crippen molar-refractivity contribution >= 4 is 18.0 Å². The minimum absolute atomic E-state index is 0.159. The molecule has 1 aromatic rings. The predicted molar refractivity (Wildman–Crippen MR) is 121 cm³/mol. The molecule has 1 aliphatic heterocycles. The molecule has 3 fully saturated rings. The standard InChI is InChI=1S/C25H33FN2O6/c1-24(6-7-24)34-23(32)28-10-8-25(9-11-28)14-17(15-25)3-2-12-33-18-4-5-19(20(26)13-18)22(31)27-16-21(29)30/h4-5,13,17H,2-3,6-12,14-16H2,1H3,(H,27,31)(H,29,30). The predicted octanol–water partition coefficient (Wildman–Crippen LogP) is 3.98. The normalized spacial score (nSPS) is 20.4. The van der Waals surface area contributed by atoms with Gasteiger partial charge in [0.2, 0.25) is 0 Å². The Morgan fingerprint density at radius 2 is 1.88 bits per heavy atom. The molecule has 3 aliphatic rings. The molecule has 1 aromatic carbocycles. The van der Waals surface area contributed by atoms with E-state index < -0.39 is 24.2 Å². The van der Waals surface area contributed by atoms with E-state index in [9.17, 15) is 18.8 Å². The number of nitrogens with zero attached hydrogens (tertiary/aromatic N) is 1. The molecule has 2 saturated carbocycles. The Kier molecular flexibility index (Phi) is 7.00. The highest BCUT2D eigenvalue weighted by Crippen LogP contribution is 2.54. The molecule has 34 heavy (non-hydrogen) atoms. The zero-order valence-corrected chi connectivity index (χ0v) is 19.6. The average molecular weight is 477 g/mol. The van der Waals surface area contributed by atoms with Crippen LogP contribution >= 0.6 is 0 Å². The second-order valence-electron chi connectivity index (χ2n) is 10.3. The lowest BCUT2D eigenvalue weighted by atomic mass is 9.56. The molecule has 1 spiro atoms. The number of ether oxygens (including phenoxy) is 2. The smallest absolute Gasteiger partial charge is 0.410 e. The van der Waals surface area contributed by atoms with E-state index in [1.807, 2.05) is 11.8 Å². The Balaban J connectivity index is 1.11. The van der Waals surface area contributed by atoms with E-state index >= 15 is 0 Å². The lowest BCUT2D eigenvalue weighted by Gasteiger charge is -2.52. The van der Waals surface area contributed by atoms with E-state index in [0.717, 1.165) is 57.7 Å². The maximum Gasteiger partial charge on any atom is 0.410 e. The quantitative estimate of drug-likeness (QED) is 0.523. The van der Waals surface area contributed by atoms with Gasteiger partial charge >= 0.3 is 12.1 Å². The number of piperidine rings is 1. The van der Waals surface area contributed by atoms with Gasteiger partial charge in [-0.3, -0.25) is 9.59 Å². The van der Waals surface area contributed by atoms with E-state index in [1.54, 1.807) is 0 Å². The number of amides is 2. The molecular weight excluding hydrogens is 443 g/mol. The summed E-state index contributed by atoms with van der Waals surface area (Å²) in [5, 5.41) is 10.7. The molecule has 0 bridgehead atoms. The number of hydrogen-bond donors (Lipinski definition) is 2. The van der Waals surface area contributed by atoms with Crippen molar-refractivity contribution in [3.05, 3.63) is 29.6 Å². The topological polar surface area (TPSA) is 105 Å². The molecule has 1 saturated heterocycles. The molecule has 2 N–H and O–H groups in total. The summed E-state index contributed by atoms with van der Waals surface area (Å²) >= 11 is 0. The number of carbonyl (C=O) groups excluding carboxylic acids is 2. The fourth-order valence-corrected chi connectivity index (χ4v) is 5.08. The number of nitrogens with one attached hydrogen (secondary N) is 1. The molecule has 0 radical (unpaired) electrons. The molecule has 4 rings (SSSR count). The Morgan fingerprint density at radius 1 is 1.18 bits per heavy atom. The SMILES string of the molecule is CC1(OC(=O)N2CCC3(CC2)CC(CCCOc2ccc(C(=O)NCC(=O)O)c(F)c2)C3)CC1. The molecule has 0 unspecified atom stereocenters. The summed E-state index contributed by atoms with van der Waals surface area (Å²) < 4.78 is 25.4. The van der Waals surface area contributed by atoms with Gasteiger partial charge in [-0.15, -0.1) is 0 Å². The van der Waals surface area contributed by atoms with E-state index in [4.69, 9.17) is 14.6 Å². The van der Waals surface area contributed by atoms with Crippen LogP contribution in [0.5, 0.6) is 5.75 Å². The van der Waals surface area contributed by atoms with Crippen molar-refractivity contribution in [2.24, 2.45) is 11.3 Å². The maximum absolute atomic E-state index is 14.2. The number of carbonyl (C=O) groups is 3. The van der Waals surface area contributed by atoms with Gasteiger partial charge in [0.25, 0.3) is 5.91 Å². The number of benzene rings is 1. The van der Waals surface area contributed by atoms with Gasteiger partial charge in [-0.1, -0.05) is 0 Å². The Hall–Kier alpha value is -2.84. The second-order valence-corrected chi connectivity index (χ2v) is 10.3. The molecule has 2 aliphatic carbocycles. The summed E-state index contributed by atoms with van der Waals surface area (Å²) in [5.74, 6) is -1.71. The fourth-order valence-electron chi connectivity index (χ4n) is 5.08. The van der Waals surface area contributed by atoms with Crippen LogP contribution < -0.4 is 10.1 Å². The summed E-state index contributed by atoms with van der Waals surface area (Å²) in [5.41, 5.74) is -0.0685. The largest absolute Gasteiger partial charge is 0.493 e. The molecule has 8 nitrogen and oxygen atoms in total. The number of likely N-dealkylation sites (tertiary alicyclic amines) is 1. The summed E-state index contributed by atoms with van der Waals surface area (Å²) in [6, 6.07) is 3.96. The number of aliphatic carboxylic acids is 1. The Morgan fingerprint density at radius 3 is 2.50 bits per heavy atom. The van der Waals surface area contributed by atoms with E-state index in [2.05, 4.69) is 5.32 Å². The van der Waals surface area contributed by atoms with Gasteiger partial charge in [-0.05, 0) is 81.8 Å². The summed E-state index contributed by atoms with van der Waals surface area (Å²) in [6.45, 7) is 3.45. The molecule has 186 valence electrons. The zero-order chi connectivity index (χ0) is 24.3. The first-order valence-corrected chi connectivity index (χ1v) is 12.1. The van der Waals surface area contributed by atoms with Crippen LogP contribution in [-0.4, -0.2) is 59.8 Å². The third kappa shape index (κ3) is 5.98. The first kappa shape index (κ1) is 24.3. The molecule has 9 heteroatoms. The van der Waals surface area contributed by atoms with Gasteiger partial charge in [0, 0.05) is 19.2 Å². The van der Waals surface area contributed by atoms with Gasteiger partial charge in [0.1, 0.15) is 23.7 Å². The van der Waals surface area contributed by atoms with Crippen LogP contribution in [0.4, 0.5) is 9.18 Å². The van der Waals surface area contributed by atoms with Crippen LogP contribution in [-0.2, 0) is 9.53 Å². The minimum atomic E-state index is -1.19. The number of halogens is 1. The third-order valence-corrected chi connectivity index (χ3v) is 7.42. The second kappa shape index (κ2) is 9.80. The van der Waals surface area contributed by atoms with Gasteiger partial charge in [0.05, 0.1) is 12.2 Å². The third-order valence-electron chi connectivity index (χ3n) is 7.42. The average Bonchev–Trinajstić information content (AvgIpc) is 3.50. The summed E-state index contributed by atoms with van der Waals surface area (Å²) in [4.78, 5) is 36.5. The first-order chi connectivity index (χ1) is 16.2. The lowest BCUT2D eigenvalue weighted by molar-refractivity contribution is -0.135. The van der Waals surface area contributed by atoms with Crippen molar-refractivity contribution in [3.63, 3.8) is 0 Å². The molecule has 2 amide bonds. The van der Waals surface area contributed by atoms with Gasteiger partial charge in [0.15, 0.2) is 0 Å². The highest BCUT2D eigenvalue weighted by atomic mass is 19.1. The molecule has 0 atom stereocenters. The van der Waals surface area contributed by atoms with Crippen LogP contribution in [0.2, 0.25) is 0 Å². The van der Waals surface area contributed by atoms with Gasteiger partial charge in [-0.25, -0.2) is 9.18 Å². The zero-order valence-electron chi connectivity index (χ0n) is 19.6. The number of hydrogen-bond acceptors (Lipinski definition) is 5. The fraction of sp³-hybridized carbons (Fsp3) is 0.640. The molecule has 0 aromatic heterocycles. The summed E-state index contributed by atoms with van der Waals surface area (Å²) in [6.07, 6.45) is 8.12. The van der Waals surface area contributed by atoms with Crippen molar-refractivity contribution in [3.8, 4) is 5.75 Å². The van der Waals surface area contributed by atoms with Crippen LogP contribution in [0.3, 0.4) is 0 Å². The molecular formula is C25H33FN2O6. The van der Waals surface area contributed by atoms with Crippen LogP contribution in [0.25, 0.3) is 0 Å². The first-order valence-electron chi connectivity index (χ1n) is 12.1. The van der Waals surface area contributed by atoms with Crippen LogP contribution in [0, 0.1) is 17.2 Å². The minimum Gasteiger partial charge on any atom is -0.493 e. The number of carboxylic acids is 1. The van der Waals surface area contributed by atoms with Gasteiger partial charge in [-0.2, -0.15) is 0 Å². The molecule has 1 heterocycles. The highest BCUT2D eigenvalue weighted by Gasteiger charge is 2.47. The summed E-state index contributed by atoms with van der Waals surface area (Å²) in [7, 11) is 0. The highest BCUT2D eigenvalue weighted by molar-refractivity contribution is 5.96. The van der Waals surface area contributed by atoms with E-state index in [1.165, 1.54) is 25.0 Å². The van der Waals surface area contributed by atoms with Gasteiger partial charge < -0.3 is 24.8 Å². The van der Waals surface area contributed by atoms with E-state index in [-0.39, 0.29) is 17.3 Å². The van der Waals surface area contributed by atoms with E-state index in [0.29, 0.717) is 23.7 Å². The van der Waals surface area contributed by atoms with Crippen molar-refractivity contribution in [2.75, 3.05) is 26.2 Å². The van der Waals surface area contributed by atoms with Crippen LogP contribution in [0.15, 0.2) is 18.2 Å². The van der Waals surface area contributed by atoms with Crippen molar-refractivity contribution in [2.45, 2.75) is 63.9 Å². The Labute approximate surface area is 198 Å². The van der Waals surface area contributed by atoms with Crippen molar-refractivity contribution in [1.29, 1.82) is 0 Å². The Bertz CT molecular complexity index is 931. The number of carboxylic acid groups (broad SMARTS) is 1. The van der Waals surface area contributed by atoms with Crippen LogP contribution in [0.1, 0.15) is 68.6 Å². The van der Waals surface area contributed by atoms with Crippen molar-refractivity contribution in [1.82, 2.24) is 10.2 Å². The monoisotopic (exact) mass is 476 g/mol.